The lowest BCUT2D eigenvalue weighted by Gasteiger charge is -2.23. The fourth-order valence-corrected chi connectivity index (χ4v) is 1.66. The summed E-state index contributed by atoms with van der Waals surface area (Å²) in [6.45, 7) is 6.16. The van der Waals surface area contributed by atoms with Crippen LogP contribution in [0.15, 0.2) is 6.20 Å². The van der Waals surface area contributed by atoms with Crippen molar-refractivity contribution in [1.82, 2.24) is 20.4 Å². The Hall–Kier alpha value is -2.05. The number of carboxylic acid groups (broad SMARTS) is 1. The molecule has 0 fully saturated rings. The highest BCUT2D eigenvalue weighted by Crippen LogP contribution is 2.03. The van der Waals surface area contributed by atoms with E-state index in [2.05, 4.69) is 15.5 Å². The number of carbonyl (C=O) groups is 2. The van der Waals surface area contributed by atoms with Gasteiger partial charge in [0.15, 0.2) is 0 Å². The van der Waals surface area contributed by atoms with Crippen molar-refractivity contribution in [3.63, 3.8) is 0 Å². The van der Waals surface area contributed by atoms with Gasteiger partial charge in [-0.2, -0.15) is 5.10 Å². The van der Waals surface area contributed by atoms with Gasteiger partial charge in [0, 0.05) is 24.3 Å². The number of rotatable bonds is 6. The molecule has 1 heterocycles. The van der Waals surface area contributed by atoms with E-state index < -0.39 is 5.97 Å². The van der Waals surface area contributed by atoms with Crippen molar-refractivity contribution in [3.8, 4) is 0 Å². The largest absolute Gasteiger partial charge is 0.480 e. The monoisotopic (exact) mass is 268 g/mol. The number of aryl methyl sites for hydroxylation is 1. The van der Waals surface area contributed by atoms with Crippen molar-refractivity contribution >= 4 is 12.0 Å². The first-order valence-corrected chi connectivity index (χ1v) is 6.13. The van der Waals surface area contributed by atoms with Gasteiger partial charge in [-0.15, -0.1) is 0 Å². The van der Waals surface area contributed by atoms with Gasteiger partial charge >= 0.3 is 12.0 Å². The quantitative estimate of drug-likeness (QED) is 0.716. The number of nitrogens with one attached hydrogen (secondary N) is 2. The van der Waals surface area contributed by atoms with E-state index in [1.165, 1.54) is 4.90 Å². The molecule has 7 heteroatoms. The van der Waals surface area contributed by atoms with Gasteiger partial charge in [0.05, 0.1) is 6.20 Å². The summed E-state index contributed by atoms with van der Waals surface area (Å²) in [5.41, 5.74) is 1.77. The maximum atomic E-state index is 11.9. The van der Waals surface area contributed by atoms with Gasteiger partial charge in [0.25, 0.3) is 0 Å². The molecule has 106 valence electrons. The van der Waals surface area contributed by atoms with Crippen LogP contribution in [0.4, 0.5) is 4.79 Å². The zero-order chi connectivity index (χ0) is 14.4. The minimum Gasteiger partial charge on any atom is -0.480 e. The van der Waals surface area contributed by atoms with E-state index in [1.807, 2.05) is 20.8 Å². The molecule has 0 saturated heterocycles. The molecule has 1 aromatic heterocycles. The van der Waals surface area contributed by atoms with E-state index in [-0.39, 0.29) is 18.5 Å². The van der Waals surface area contributed by atoms with Crippen molar-refractivity contribution in [2.45, 2.75) is 27.3 Å². The Labute approximate surface area is 112 Å². The maximum Gasteiger partial charge on any atom is 0.323 e. The molecular formula is C12H20N4O3. The van der Waals surface area contributed by atoms with Gasteiger partial charge in [-0.1, -0.05) is 13.8 Å². The lowest BCUT2D eigenvalue weighted by atomic mass is 10.2. The lowest BCUT2D eigenvalue weighted by Crippen LogP contribution is -2.44. The van der Waals surface area contributed by atoms with E-state index in [0.717, 1.165) is 11.3 Å². The molecule has 3 N–H and O–H groups in total. The maximum absolute atomic E-state index is 11.9. The van der Waals surface area contributed by atoms with Crippen LogP contribution in [0.2, 0.25) is 0 Å². The van der Waals surface area contributed by atoms with Gasteiger partial charge in [-0.3, -0.25) is 9.89 Å². The second kappa shape index (κ2) is 6.77. The van der Waals surface area contributed by atoms with Crippen LogP contribution in [-0.2, 0) is 11.3 Å². The lowest BCUT2D eigenvalue weighted by molar-refractivity contribution is -0.137. The Bertz CT molecular complexity index is 442. The molecule has 0 aliphatic heterocycles. The molecule has 0 unspecified atom stereocenters. The molecule has 0 spiro atoms. The number of carbonyl (C=O) groups excluding carboxylic acids is 1. The van der Waals surface area contributed by atoms with E-state index in [4.69, 9.17) is 5.11 Å². The van der Waals surface area contributed by atoms with Gasteiger partial charge in [-0.25, -0.2) is 4.79 Å². The summed E-state index contributed by atoms with van der Waals surface area (Å²) in [6.07, 6.45) is 1.64. The Morgan fingerprint density at radius 1 is 1.53 bits per heavy atom. The smallest absolute Gasteiger partial charge is 0.323 e. The summed E-state index contributed by atoms with van der Waals surface area (Å²) < 4.78 is 0. The second-order valence-electron chi connectivity index (χ2n) is 4.85. The average molecular weight is 268 g/mol. The molecule has 0 bridgehead atoms. The molecule has 0 saturated carbocycles. The highest BCUT2D eigenvalue weighted by atomic mass is 16.4. The SMILES string of the molecule is Cc1[nH]ncc1CNC(=O)N(CC(=O)O)CC(C)C. The molecular weight excluding hydrogens is 248 g/mol. The standard InChI is InChI=1S/C12H20N4O3/c1-8(2)6-16(7-11(17)18)12(19)13-4-10-5-14-15-9(10)3/h5,8H,4,6-7H2,1-3H3,(H,13,19)(H,14,15)(H,17,18). The van der Waals surface area contributed by atoms with Gasteiger partial charge in [-0.05, 0) is 12.8 Å². The highest BCUT2D eigenvalue weighted by molar-refractivity contribution is 5.80. The molecule has 0 radical (unpaired) electrons. The topological polar surface area (TPSA) is 98.3 Å². The zero-order valence-corrected chi connectivity index (χ0v) is 11.4. The van der Waals surface area contributed by atoms with Gasteiger partial charge in [0.2, 0.25) is 0 Å². The molecule has 2 amide bonds. The molecule has 0 aliphatic rings. The first-order valence-electron chi connectivity index (χ1n) is 6.13. The first kappa shape index (κ1) is 15.0. The van der Waals surface area contributed by atoms with Crippen molar-refractivity contribution in [2.24, 2.45) is 5.92 Å². The predicted octanol–water partition coefficient (Wildman–Crippen LogP) is 0.970. The predicted molar refractivity (Wildman–Crippen MR) is 69.6 cm³/mol. The van der Waals surface area contributed by atoms with Crippen molar-refractivity contribution in [2.75, 3.05) is 13.1 Å². The third-order valence-electron chi connectivity index (χ3n) is 2.56. The third-order valence-corrected chi connectivity index (χ3v) is 2.56. The number of amides is 2. The van der Waals surface area contributed by atoms with Gasteiger partial charge in [0.1, 0.15) is 6.54 Å². The number of nitrogens with zero attached hydrogens (tertiary/aromatic N) is 2. The number of H-pyrrole nitrogens is 1. The molecule has 0 aromatic carbocycles. The summed E-state index contributed by atoms with van der Waals surface area (Å²) in [7, 11) is 0. The number of aromatic amines is 1. The Balaban J connectivity index is 2.56. The van der Waals surface area contributed by atoms with Crippen LogP contribution < -0.4 is 5.32 Å². The Kier molecular flexibility index (Phi) is 5.35. The van der Waals surface area contributed by atoms with Crippen molar-refractivity contribution < 1.29 is 14.7 Å². The van der Waals surface area contributed by atoms with Crippen molar-refractivity contribution in [3.05, 3.63) is 17.5 Å². The van der Waals surface area contributed by atoms with Crippen LogP contribution in [0.5, 0.6) is 0 Å². The minimum atomic E-state index is -1.02. The number of carboxylic acids is 1. The molecule has 1 rings (SSSR count). The summed E-state index contributed by atoms with van der Waals surface area (Å²) >= 11 is 0. The molecule has 1 aromatic rings. The molecule has 0 atom stereocenters. The number of aliphatic carboxylic acids is 1. The number of aromatic nitrogens is 2. The van der Waals surface area contributed by atoms with Crippen LogP contribution in [0.1, 0.15) is 25.1 Å². The van der Waals surface area contributed by atoms with Crippen LogP contribution >= 0.6 is 0 Å². The van der Waals surface area contributed by atoms with E-state index in [9.17, 15) is 9.59 Å². The third kappa shape index (κ3) is 4.99. The van der Waals surface area contributed by atoms with E-state index in [1.54, 1.807) is 6.20 Å². The fourth-order valence-electron chi connectivity index (χ4n) is 1.66. The van der Waals surface area contributed by atoms with E-state index >= 15 is 0 Å². The summed E-state index contributed by atoms with van der Waals surface area (Å²) in [5.74, 6) is -0.809. The summed E-state index contributed by atoms with van der Waals surface area (Å²) in [6, 6.07) is -0.378. The molecule has 0 aliphatic carbocycles. The summed E-state index contributed by atoms with van der Waals surface area (Å²) in [5, 5.41) is 18.1. The van der Waals surface area contributed by atoms with Crippen molar-refractivity contribution in [1.29, 1.82) is 0 Å². The van der Waals surface area contributed by atoms with E-state index in [0.29, 0.717) is 13.1 Å². The van der Waals surface area contributed by atoms with Crippen LogP contribution in [0.25, 0.3) is 0 Å². The molecule has 7 nitrogen and oxygen atoms in total. The Morgan fingerprint density at radius 3 is 2.68 bits per heavy atom. The number of urea groups is 1. The van der Waals surface area contributed by atoms with Crippen LogP contribution in [0.3, 0.4) is 0 Å². The normalized spacial score (nSPS) is 10.5. The fraction of sp³-hybridized carbons (Fsp3) is 0.583. The second-order valence-corrected chi connectivity index (χ2v) is 4.85. The average Bonchev–Trinajstić information content (AvgIpc) is 2.69. The van der Waals surface area contributed by atoms with Crippen LogP contribution in [-0.4, -0.2) is 45.3 Å². The number of hydrogen-bond acceptors (Lipinski definition) is 3. The van der Waals surface area contributed by atoms with Crippen LogP contribution in [0, 0.1) is 12.8 Å². The summed E-state index contributed by atoms with van der Waals surface area (Å²) in [4.78, 5) is 24.0. The Morgan fingerprint density at radius 2 is 2.21 bits per heavy atom. The number of hydrogen-bond donors (Lipinski definition) is 3. The zero-order valence-electron chi connectivity index (χ0n) is 11.4. The van der Waals surface area contributed by atoms with Gasteiger partial charge < -0.3 is 15.3 Å². The molecule has 19 heavy (non-hydrogen) atoms. The first-order chi connectivity index (χ1) is 8.90. The minimum absolute atomic E-state index is 0.209. The highest BCUT2D eigenvalue weighted by Gasteiger charge is 2.17.